The van der Waals surface area contributed by atoms with Gasteiger partial charge in [-0.2, -0.15) is 0 Å². The molecule has 4 nitrogen and oxygen atoms in total. The minimum Gasteiger partial charge on any atom is -0.371 e. The molecule has 0 radical (unpaired) electrons. The molecule has 0 fully saturated rings. The number of carbonyl (C=O) groups is 1. The van der Waals surface area contributed by atoms with E-state index in [-0.39, 0.29) is 5.78 Å². The number of anilines is 1. The van der Waals surface area contributed by atoms with E-state index >= 15 is 0 Å². The highest BCUT2D eigenvalue weighted by atomic mass is 16.1. The Bertz CT molecular complexity index is 1010. The lowest BCUT2D eigenvalue weighted by Gasteiger charge is -2.23. The third-order valence-corrected chi connectivity index (χ3v) is 5.46. The number of hydrogen-bond donors (Lipinski definition) is 0. The summed E-state index contributed by atoms with van der Waals surface area (Å²) in [6.45, 7) is 8.47. The summed E-state index contributed by atoms with van der Waals surface area (Å²) < 4.78 is 2.19. The highest BCUT2D eigenvalue weighted by molar-refractivity contribution is 5.93. The molecule has 0 N–H and O–H groups in total. The van der Waals surface area contributed by atoms with E-state index in [1.165, 1.54) is 16.8 Å². The van der Waals surface area contributed by atoms with Crippen molar-refractivity contribution in [1.29, 1.82) is 0 Å². The molecule has 0 spiro atoms. The second-order valence-electron chi connectivity index (χ2n) is 7.82. The largest absolute Gasteiger partial charge is 0.371 e. The summed E-state index contributed by atoms with van der Waals surface area (Å²) in [5.41, 5.74) is 5.74. The van der Waals surface area contributed by atoms with Crippen LogP contribution in [0.1, 0.15) is 57.0 Å². The van der Waals surface area contributed by atoms with Crippen LogP contribution in [0.3, 0.4) is 0 Å². The van der Waals surface area contributed by atoms with E-state index in [2.05, 4.69) is 72.8 Å². The minimum atomic E-state index is 0.148. The second-order valence-corrected chi connectivity index (χ2v) is 7.82. The van der Waals surface area contributed by atoms with Gasteiger partial charge in [-0.1, -0.05) is 51.1 Å². The molecule has 0 bridgehead atoms. The van der Waals surface area contributed by atoms with E-state index in [0.29, 0.717) is 6.42 Å². The third kappa shape index (κ3) is 5.18. The van der Waals surface area contributed by atoms with E-state index < -0.39 is 0 Å². The highest BCUT2D eigenvalue weighted by Crippen LogP contribution is 2.24. The average molecular weight is 404 g/mol. The predicted octanol–water partition coefficient (Wildman–Crippen LogP) is 5.78. The summed E-state index contributed by atoms with van der Waals surface area (Å²) >= 11 is 0. The van der Waals surface area contributed by atoms with Crippen molar-refractivity contribution < 1.29 is 4.79 Å². The second kappa shape index (κ2) is 10.2. The van der Waals surface area contributed by atoms with Crippen LogP contribution in [0.4, 0.5) is 5.69 Å². The number of imidazole rings is 1. The van der Waals surface area contributed by atoms with Gasteiger partial charge in [0.25, 0.3) is 0 Å². The lowest BCUT2D eigenvalue weighted by atomic mass is 10.1. The van der Waals surface area contributed by atoms with Crippen LogP contribution in [0.5, 0.6) is 0 Å². The molecule has 0 unspecified atom stereocenters. The van der Waals surface area contributed by atoms with Crippen molar-refractivity contribution in [3.05, 3.63) is 65.5 Å². The Morgan fingerprint density at radius 1 is 1.03 bits per heavy atom. The van der Waals surface area contributed by atoms with Gasteiger partial charge in [0.05, 0.1) is 11.0 Å². The molecule has 1 aromatic heterocycles. The molecule has 2 aromatic carbocycles. The van der Waals surface area contributed by atoms with Gasteiger partial charge in [0.15, 0.2) is 5.78 Å². The van der Waals surface area contributed by atoms with Crippen LogP contribution >= 0.6 is 0 Å². The number of fused-ring (bicyclic) bond motifs is 1. The van der Waals surface area contributed by atoms with Gasteiger partial charge < -0.3 is 9.47 Å². The van der Waals surface area contributed by atoms with Gasteiger partial charge in [-0.3, -0.25) is 4.79 Å². The Labute approximate surface area is 180 Å². The van der Waals surface area contributed by atoms with Crippen molar-refractivity contribution in [2.45, 2.75) is 46.5 Å². The van der Waals surface area contributed by atoms with Crippen molar-refractivity contribution in [1.82, 2.24) is 9.55 Å². The molecule has 0 aliphatic rings. The monoisotopic (exact) mass is 403 g/mol. The number of allylic oxidation sites excluding steroid dienone is 1. The number of ketones is 1. The molecule has 1 heterocycles. The maximum absolute atomic E-state index is 11.5. The van der Waals surface area contributed by atoms with Crippen LogP contribution in [0, 0.1) is 0 Å². The van der Waals surface area contributed by atoms with Crippen molar-refractivity contribution in [2.24, 2.45) is 7.05 Å². The minimum absolute atomic E-state index is 0.148. The molecule has 0 aliphatic carbocycles. The summed E-state index contributed by atoms with van der Waals surface area (Å²) in [6.07, 6.45) is 7.14. The first-order valence-corrected chi connectivity index (χ1v) is 11.1. The Hall–Kier alpha value is -2.88. The van der Waals surface area contributed by atoms with E-state index in [0.717, 1.165) is 49.3 Å². The maximum Gasteiger partial charge on any atom is 0.155 e. The number of aromatic nitrogens is 2. The van der Waals surface area contributed by atoms with Crippen molar-refractivity contribution >= 4 is 28.6 Å². The summed E-state index contributed by atoms with van der Waals surface area (Å²) in [6, 6.07) is 15.0. The van der Waals surface area contributed by atoms with Crippen LogP contribution in [0.25, 0.3) is 17.1 Å². The van der Waals surface area contributed by atoms with Gasteiger partial charge in [-0.05, 0) is 48.2 Å². The molecular formula is C26H33N3O. The van der Waals surface area contributed by atoms with E-state index in [1.54, 1.807) is 6.08 Å². The summed E-state index contributed by atoms with van der Waals surface area (Å²) in [4.78, 5) is 18.8. The lowest BCUT2D eigenvalue weighted by Crippen LogP contribution is -2.24. The Balaban J connectivity index is 1.80. The molecule has 0 atom stereocenters. The third-order valence-electron chi connectivity index (χ3n) is 5.46. The number of nitrogens with zero attached hydrogens (tertiary/aromatic N) is 3. The molecule has 4 heteroatoms. The van der Waals surface area contributed by atoms with Gasteiger partial charge >= 0.3 is 0 Å². The topological polar surface area (TPSA) is 38.1 Å². The molecule has 0 amide bonds. The summed E-state index contributed by atoms with van der Waals surface area (Å²) in [5, 5.41) is 0. The summed E-state index contributed by atoms with van der Waals surface area (Å²) in [5.74, 6) is 1.21. The van der Waals surface area contributed by atoms with Gasteiger partial charge in [0.1, 0.15) is 5.82 Å². The maximum atomic E-state index is 11.5. The van der Waals surface area contributed by atoms with Crippen LogP contribution in [0.2, 0.25) is 0 Å². The van der Waals surface area contributed by atoms with Crippen LogP contribution < -0.4 is 4.90 Å². The zero-order chi connectivity index (χ0) is 21.5. The lowest BCUT2D eigenvalue weighted by molar-refractivity contribution is -0.114. The number of aryl methyl sites for hydroxylation is 1. The first-order valence-electron chi connectivity index (χ1n) is 11.1. The van der Waals surface area contributed by atoms with Crippen LogP contribution in [-0.4, -0.2) is 28.4 Å². The van der Waals surface area contributed by atoms with Gasteiger partial charge in [-0.15, -0.1) is 0 Å². The number of benzene rings is 2. The molecule has 3 rings (SSSR count). The van der Waals surface area contributed by atoms with Crippen LogP contribution in [-0.2, 0) is 18.3 Å². The van der Waals surface area contributed by atoms with Crippen molar-refractivity contribution in [3.8, 4) is 0 Å². The quantitative estimate of drug-likeness (QED) is 0.403. The highest BCUT2D eigenvalue weighted by Gasteiger charge is 2.11. The zero-order valence-electron chi connectivity index (χ0n) is 18.7. The van der Waals surface area contributed by atoms with Crippen molar-refractivity contribution in [2.75, 3.05) is 18.0 Å². The smallest absolute Gasteiger partial charge is 0.155 e. The SMILES string of the molecule is CCCN(CCC)c1ccc2c(c1)nc(Cc1ccc(/C=C/C(=O)CC)cc1)n2C. The molecule has 0 aliphatic heterocycles. The predicted molar refractivity (Wildman–Crippen MR) is 127 cm³/mol. The van der Waals surface area contributed by atoms with Gasteiger partial charge in [-0.25, -0.2) is 4.98 Å². The fourth-order valence-electron chi connectivity index (χ4n) is 3.74. The number of carbonyl (C=O) groups excluding carboxylic acids is 1. The zero-order valence-corrected chi connectivity index (χ0v) is 18.7. The molecule has 30 heavy (non-hydrogen) atoms. The van der Waals surface area contributed by atoms with E-state index in [4.69, 9.17) is 4.98 Å². The van der Waals surface area contributed by atoms with Crippen LogP contribution in [0.15, 0.2) is 48.5 Å². The summed E-state index contributed by atoms with van der Waals surface area (Å²) in [7, 11) is 2.09. The average Bonchev–Trinajstić information content (AvgIpc) is 3.07. The first kappa shape index (κ1) is 21.8. The molecule has 0 saturated heterocycles. The standard InChI is InChI=1S/C26H33N3O/c1-5-16-29(17-6-2)22-13-15-25-24(19-22)27-26(28(25)4)18-21-10-8-20(9-11-21)12-14-23(30)7-3/h8-15,19H,5-7,16-18H2,1-4H3/b14-12+. The van der Waals surface area contributed by atoms with Gasteiger partial charge in [0.2, 0.25) is 0 Å². The van der Waals surface area contributed by atoms with Crippen molar-refractivity contribution in [3.63, 3.8) is 0 Å². The molecule has 0 saturated carbocycles. The molecule has 158 valence electrons. The Morgan fingerprint density at radius 3 is 2.37 bits per heavy atom. The Kier molecular flexibility index (Phi) is 7.45. The van der Waals surface area contributed by atoms with E-state index in [9.17, 15) is 4.79 Å². The number of rotatable bonds is 10. The fraction of sp³-hybridized carbons (Fsp3) is 0.385. The molecular weight excluding hydrogens is 370 g/mol. The molecule has 3 aromatic rings. The first-order chi connectivity index (χ1) is 14.5. The van der Waals surface area contributed by atoms with E-state index in [1.807, 2.05) is 13.0 Å². The number of hydrogen-bond acceptors (Lipinski definition) is 3. The normalized spacial score (nSPS) is 11.5. The Morgan fingerprint density at radius 2 is 1.73 bits per heavy atom. The fourth-order valence-corrected chi connectivity index (χ4v) is 3.74. The van der Waals surface area contributed by atoms with Gasteiger partial charge in [0, 0.05) is 38.7 Å².